The van der Waals surface area contributed by atoms with Gasteiger partial charge in [-0.25, -0.2) is 17.2 Å². The molecule has 3 rings (SSSR count). The Morgan fingerprint density at radius 3 is 2.39 bits per heavy atom. The number of aryl methyl sites for hydroxylation is 1. The Morgan fingerprint density at radius 1 is 1.07 bits per heavy atom. The molecule has 150 valence electrons. The first-order valence-electron chi connectivity index (χ1n) is 9.05. The fourth-order valence-electron chi connectivity index (χ4n) is 3.15. The molecule has 28 heavy (non-hydrogen) atoms. The topological polar surface area (TPSA) is 66.5 Å². The molecule has 0 radical (unpaired) electrons. The first-order valence-corrected chi connectivity index (χ1v) is 10.5. The van der Waals surface area contributed by atoms with E-state index in [4.69, 9.17) is 0 Å². The lowest BCUT2D eigenvalue weighted by molar-refractivity contribution is 0.102. The van der Waals surface area contributed by atoms with Crippen LogP contribution in [0, 0.1) is 24.5 Å². The molecule has 0 aromatic heterocycles. The fraction of sp³-hybridized carbons (Fsp3) is 0.350. The molecule has 0 unspecified atom stereocenters. The van der Waals surface area contributed by atoms with Crippen LogP contribution in [-0.2, 0) is 10.0 Å². The maximum atomic E-state index is 13.4. The van der Waals surface area contributed by atoms with Gasteiger partial charge in [0.2, 0.25) is 10.0 Å². The van der Waals surface area contributed by atoms with Gasteiger partial charge >= 0.3 is 0 Å². The van der Waals surface area contributed by atoms with E-state index in [0.29, 0.717) is 24.6 Å². The Labute approximate surface area is 163 Å². The van der Waals surface area contributed by atoms with E-state index in [1.165, 1.54) is 22.5 Å². The third-order valence-corrected chi connectivity index (χ3v) is 6.91. The van der Waals surface area contributed by atoms with Crippen molar-refractivity contribution in [3.05, 3.63) is 59.2 Å². The van der Waals surface area contributed by atoms with Gasteiger partial charge in [0.05, 0.1) is 4.90 Å². The molecule has 0 spiro atoms. The molecule has 1 amide bonds. The highest BCUT2D eigenvalue weighted by Gasteiger charge is 2.29. The van der Waals surface area contributed by atoms with Crippen molar-refractivity contribution in [3.8, 4) is 0 Å². The predicted octanol–water partition coefficient (Wildman–Crippen LogP) is 3.95. The molecule has 1 aliphatic heterocycles. The first-order chi connectivity index (χ1) is 13.2. The number of amides is 1. The second-order valence-electron chi connectivity index (χ2n) is 7.15. The second kappa shape index (κ2) is 7.97. The number of anilines is 1. The van der Waals surface area contributed by atoms with E-state index in [2.05, 4.69) is 12.2 Å². The first kappa shape index (κ1) is 20.4. The van der Waals surface area contributed by atoms with E-state index in [1.807, 2.05) is 0 Å². The minimum absolute atomic E-state index is 0.0445. The standard InChI is InChI=1S/C20H22F2N2O3S/c1-13-7-9-24(10-8-13)28(26,27)16-5-3-14(2)17(12-16)20(25)23-15-4-6-18(21)19(22)11-15/h3-6,11-13H,7-10H2,1-2H3,(H,23,25). The Morgan fingerprint density at radius 2 is 1.75 bits per heavy atom. The molecule has 1 N–H and O–H groups in total. The lowest BCUT2D eigenvalue weighted by atomic mass is 10.0. The minimum Gasteiger partial charge on any atom is -0.322 e. The van der Waals surface area contributed by atoms with Gasteiger partial charge in [-0.3, -0.25) is 4.79 Å². The maximum absolute atomic E-state index is 13.4. The summed E-state index contributed by atoms with van der Waals surface area (Å²) in [5, 5.41) is 2.48. The molecule has 0 atom stereocenters. The molecule has 1 aliphatic rings. The summed E-state index contributed by atoms with van der Waals surface area (Å²) < 4.78 is 53.7. The van der Waals surface area contributed by atoms with Crippen molar-refractivity contribution < 1.29 is 22.0 Å². The van der Waals surface area contributed by atoms with Crippen LogP contribution in [0.25, 0.3) is 0 Å². The van der Waals surface area contributed by atoms with Crippen molar-refractivity contribution in [2.75, 3.05) is 18.4 Å². The van der Waals surface area contributed by atoms with Crippen LogP contribution in [-0.4, -0.2) is 31.7 Å². The van der Waals surface area contributed by atoms with E-state index in [9.17, 15) is 22.0 Å². The van der Waals surface area contributed by atoms with Crippen molar-refractivity contribution in [2.24, 2.45) is 5.92 Å². The van der Waals surface area contributed by atoms with Gasteiger partial charge in [-0.15, -0.1) is 0 Å². The molecule has 8 heteroatoms. The molecule has 5 nitrogen and oxygen atoms in total. The van der Waals surface area contributed by atoms with Crippen LogP contribution in [0.3, 0.4) is 0 Å². The van der Waals surface area contributed by atoms with Gasteiger partial charge in [-0.1, -0.05) is 13.0 Å². The molecule has 2 aromatic carbocycles. The van der Waals surface area contributed by atoms with Crippen LogP contribution < -0.4 is 5.32 Å². The highest BCUT2D eigenvalue weighted by atomic mass is 32.2. The molecular weight excluding hydrogens is 386 g/mol. The quantitative estimate of drug-likeness (QED) is 0.833. The van der Waals surface area contributed by atoms with Gasteiger partial charge in [-0.2, -0.15) is 4.31 Å². The summed E-state index contributed by atoms with van der Waals surface area (Å²) in [6.07, 6.45) is 1.60. The summed E-state index contributed by atoms with van der Waals surface area (Å²) in [5.41, 5.74) is 0.823. The summed E-state index contributed by atoms with van der Waals surface area (Å²) in [6.45, 7) is 4.68. The number of carbonyl (C=O) groups excluding carboxylic acids is 1. The second-order valence-corrected chi connectivity index (χ2v) is 9.08. The van der Waals surface area contributed by atoms with Crippen molar-refractivity contribution in [1.82, 2.24) is 4.31 Å². The van der Waals surface area contributed by atoms with Crippen molar-refractivity contribution in [3.63, 3.8) is 0 Å². The monoisotopic (exact) mass is 408 g/mol. The summed E-state index contributed by atoms with van der Waals surface area (Å²) >= 11 is 0. The predicted molar refractivity (Wildman–Crippen MR) is 103 cm³/mol. The van der Waals surface area contributed by atoms with Crippen molar-refractivity contribution in [2.45, 2.75) is 31.6 Å². The summed E-state index contributed by atoms with van der Waals surface area (Å²) in [4.78, 5) is 12.6. The molecule has 0 bridgehead atoms. The zero-order valence-electron chi connectivity index (χ0n) is 15.7. The van der Waals surface area contributed by atoms with E-state index in [0.717, 1.165) is 25.0 Å². The van der Waals surface area contributed by atoms with Crippen LogP contribution in [0.2, 0.25) is 0 Å². The molecule has 1 fully saturated rings. The summed E-state index contributed by atoms with van der Waals surface area (Å²) in [6, 6.07) is 7.41. The lowest BCUT2D eigenvalue weighted by Crippen LogP contribution is -2.38. The van der Waals surface area contributed by atoms with Gasteiger partial charge in [0.1, 0.15) is 0 Å². The zero-order chi connectivity index (χ0) is 20.5. The average molecular weight is 408 g/mol. The number of piperidine rings is 1. The van der Waals surface area contributed by atoms with Crippen LogP contribution in [0.4, 0.5) is 14.5 Å². The van der Waals surface area contributed by atoms with E-state index >= 15 is 0 Å². The van der Waals surface area contributed by atoms with Gasteiger partial charge in [-0.05, 0) is 55.5 Å². The van der Waals surface area contributed by atoms with Crippen LogP contribution in [0.15, 0.2) is 41.3 Å². The number of nitrogens with zero attached hydrogens (tertiary/aromatic N) is 1. The molecule has 2 aromatic rings. The normalized spacial score (nSPS) is 16.1. The van der Waals surface area contributed by atoms with Gasteiger partial charge < -0.3 is 5.32 Å². The zero-order valence-corrected chi connectivity index (χ0v) is 16.5. The van der Waals surface area contributed by atoms with Gasteiger partial charge in [0, 0.05) is 30.4 Å². The average Bonchev–Trinajstić information content (AvgIpc) is 2.65. The number of carbonyl (C=O) groups is 1. The van der Waals surface area contributed by atoms with Crippen LogP contribution in [0.5, 0.6) is 0 Å². The third-order valence-electron chi connectivity index (χ3n) is 5.01. The van der Waals surface area contributed by atoms with E-state index in [-0.39, 0.29) is 16.1 Å². The third kappa shape index (κ3) is 4.23. The Balaban J connectivity index is 1.86. The number of rotatable bonds is 4. The summed E-state index contributed by atoms with van der Waals surface area (Å²) in [7, 11) is -3.70. The van der Waals surface area contributed by atoms with Crippen molar-refractivity contribution >= 4 is 21.6 Å². The van der Waals surface area contributed by atoms with Crippen LogP contribution >= 0.6 is 0 Å². The van der Waals surface area contributed by atoms with Gasteiger partial charge in [0.25, 0.3) is 5.91 Å². The number of halogens is 2. The lowest BCUT2D eigenvalue weighted by Gasteiger charge is -2.29. The Bertz CT molecular complexity index is 1000. The van der Waals surface area contributed by atoms with Crippen LogP contribution in [0.1, 0.15) is 35.7 Å². The SMILES string of the molecule is Cc1ccc(S(=O)(=O)N2CCC(C)CC2)cc1C(=O)Nc1ccc(F)c(F)c1. The summed E-state index contributed by atoms with van der Waals surface area (Å²) in [5.74, 6) is -2.20. The van der Waals surface area contributed by atoms with E-state index < -0.39 is 27.6 Å². The number of nitrogens with one attached hydrogen (secondary N) is 1. The molecule has 1 saturated heterocycles. The van der Waals surface area contributed by atoms with Gasteiger partial charge in [0.15, 0.2) is 11.6 Å². The Hall–Kier alpha value is -2.32. The number of hydrogen-bond acceptors (Lipinski definition) is 3. The number of hydrogen-bond donors (Lipinski definition) is 1. The minimum atomic E-state index is -3.70. The smallest absolute Gasteiger partial charge is 0.255 e. The number of sulfonamides is 1. The maximum Gasteiger partial charge on any atom is 0.255 e. The molecule has 0 aliphatic carbocycles. The molecule has 0 saturated carbocycles. The van der Waals surface area contributed by atoms with E-state index in [1.54, 1.807) is 13.0 Å². The largest absolute Gasteiger partial charge is 0.322 e. The molecular formula is C20H22F2N2O3S. The molecule has 1 heterocycles. The Kier molecular flexibility index (Phi) is 5.81. The van der Waals surface area contributed by atoms with Crippen molar-refractivity contribution in [1.29, 1.82) is 0 Å². The fourth-order valence-corrected chi connectivity index (χ4v) is 4.65. The number of benzene rings is 2. The highest BCUT2D eigenvalue weighted by molar-refractivity contribution is 7.89. The highest BCUT2D eigenvalue weighted by Crippen LogP contribution is 2.25.